The summed E-state index contributed by atoms with van der Waals surface area (Å²) in [6.45, 7) is 5.52. The summed E-state index contributed by atoms with van der Waals surface area (Å²) in [5.74, 6) is 0. The van der Waals surface area contributed by atoms with E-state index >= 15 is 0 Å². The second-order valence-corrected chi connectivity index (χ2v) is 6.98. The van der Waals surface area contributed by atoms with Gasteiger partial charge in [0.1, 0.15) is 0 Å². The van der Waals surface area contributed by atoms with E-state index in [0.29, 0.717) is 0 Å². The maximum atomic E-state index is 9.44. The fraction of sp³-hybridized carbons (Fsp3) is 0.357. The minimum Gasteiger partial charge on any atom is -0.354 e. The largest absolute Gasteiger partial charge is 0.413 e. The monoisotopic (exact) mass is 394 g/mol. The summed E-state index contributed by atoms with van der Waals surface area (Å²) in [6, 6.07) is 7.86. The van der Waals surface area contributed by atoms with Crippen LogP contribution >= 0.6 is 0 Å². The van der Waals surface area contributed by atoms with Crippen LogP contribution in [0.2, 0.25) is 0 Å². The molecular weight excluding hydrogens is 372 g/mol. The zero-order valence-electron chi connectivity index (χ0n) is 13.9. The molecule has 0 unspecified atom stereocenters. The van der Waals surface area contributed by atoms with Gasteiger partial charge < -0.3 is 4.57 Å². The van der Waals surface area contributed by atoms with E-state index in [9.17, 15) is 16.8 Å². The number of unbranched alkanes of at least 4 members (excludes halogenated alkanes) is 1. The van der Waals surface area contributed by atoms with Crippen molar-refractivity contribution >= 4 is 20.8 Å². The molecule has 2 aromatic heterocycles. The van der Waals surface area contributed by atoms with Crippen LogP contribution in [0.1, 0.15) is 25.3 Å². The highest BCUT2D eigenvalue weighted by Gasteiger charge is 2.15. The number of pyridine rings is 1. The number of nitrogens with zero attached hydrogens (tertiary/aromatic N) is 2. The third-order valence-corrected chi connectivity index (χ3v) is 3.78. The molecule has 2 aromatic rings. The molecule has 11 heteroatoms. The van der Waals surface area contributed by atoms with Crippen molar-refractivity contribution in [2.24, 2.45) is 0 Å². The Morgan fingerprint density at radius 2 is 1.64 bits per heavy atom. The van der Waals surface area contributed by atoms with E-state index < -0.39 is 20.8 Å². The predicted octanol–water partition coefficient (Wildman–Crippen LogP) is 2.29. The summed E-state index contributed by atoms with van der Waals surface area (Å²) in [5, 5.41) is 0. The molecule has 0 aromatic carbocycles. The Kier molecular flexibility index (Phi) is 10.9. The van der Waals surface area contributed by atoms with E-state index in [1.54, 1.807) is 12.4 Å². The van der Waals surface area contributed by atoms with Gasteiger partial charge in [0, 0.05) is 31.3 Å². The average Bonchev–Trinajstić information content (AvgIpc) is 2.90. The van der Waals surface area contributed by atoms with E-state index in [-0.39, 0.29) is 0 Å². The van der Waals surface area contributed by atoms with Crippen LogP contribution in [0.15, 0.2) is 49.1 Å². The molecule has 0 amide bonds. The summed E-state index contributed by atoms with van der Waals surface area (Å²) in [5.41, 5.74) is 1.36. The van der Waals surface area contributed by atoms with Crippen molar-refractivity contribution in [1.82, 2.24) is 9.55 Å². The van der Waals surface area contributed by atoms with Gasteiger partial charge in [0.05, 0.1) is 0 Å². The van der Waals surface area contributed by atoms with E-state index in [1.807, 2.05) is 18.2 Å². The Hall–Kier alpha value is -1.79. The van der Waals surface area contributed by atoms with E-state index in [4.69, 9.17) is 9.11 Å². The van der Waals surface area contributed by atoms with Crippen molar-refractivity contribution in [3.8, 4) is 0 Å². The number of aromatic nitrogens is 2. The predicted molar refractivity (Wildman–Crippen MR) is 92.5 cm³/mol. The van der Waals surface area contributed by atoms with Gasteiger partial charge in [-0.15, -0.1) is 3.63 Å². The van der Waals surface area contributed by atoms with Gasteiger partial charge in [-0.05, 0) is 37.1 Å². The molecule has 0 aliphatic heterocycles. The summed E-state index contributed by atoms with van der Waals surface area (Å²) in [7, 11) is -10.2. The van der Waals surface area contributed by atoms with E-state index in [1.165, 1.54) is 24.9 Å². The van der Waals surface area contributed by atoms with Crippen molar-refractivity contribution in [3.63, 3.8) is 0 Å². The molecule has 0 bridgehead atoms. The van der Waals surface area contributed by atoms with Gasteiger partial charge in [-0.25, -0.2) is 0 Å². The molecule has 0 fully saturated rings. The number of hydrogen-bond donors (Lipinski definition) is 2. The molecule has 0 atom stereocenters. The van der Waals surface area contributed by atoms with Crippen LogP contribution in [0.25, 0.3) is 0 Å². The van der Waals surface area contributed by atoms with Crippen LogP contribution in [-0.2, 0) is 31.0 Å². The lowest BCUT2D eigenvalue weighted by molar-refractivity contribution is 0.344. The van der Waals surface area contributed by atoms with Crippen LogP contribution in [0.3, 0.4) is 0 Å². The van der Waals surface area contributed by atoms with Gasteiger partial charge in [0.25, 0.3) is 0 Å². The molecule has 0 spiro atoms. The highest BCUT2D eigenvalue weighted by molar-refractivity contribution is 7.94. The first-order chi connectivity index (χ1) is 11.5. The number of hydrogen-bond acceptors (Lipinski definition) is 6. The molecule has 0 aliphatic rings. The maximum Gasteiger partial charge on any atom is 0.413 e. The molecule has 2 rings (SSSR count). The highest BCUT2D eigenvalue weighted by atomic mass is 32.3. The molecule has 142 valence electrons. The summed E-state index contributed by atoms with van der Waals surface area (Å²) in [6.07, 6.45) is 10.4. The maximum absolute atomic E-state index is 9.44. The molecule has 25 heavy (non-hydrogen) atoms. The average molecular weight is 394 g/mol. The molecule has 2 heterocycles. The van der Waals surface area contributed by atoms with Gasteiger partial charge in [-0.1, -0.05) is 19.4 Å². The van der Waals surface area contributed by atoms with Gasteiger partial charge in [0.2, 0.25) is 0 Å². The summed E-state index contributed by atoms with van der Waals surface area (Å²) in [4.78, 5) is 3.78. The zero-order valence-corrected chi connectivity index (χ0v) is 15.5. The lowest BCUT2D eigenvalue weighted by Crippen LogP contribution is -2.10. The zero-order chi connectivity index (χ0) is 19.3. The normalized spacial score (nSPS) is 10.9. The first-order valence-electron chi connectivity index (χ1n) is 7.17. The third kappa shape index (κ3) is 16.8. The standard InChI is InChI=1S/C9H15N.C5H5N.H2O7S2/c1-3-4-6-10-7-5-9(2)8-10;1-2-4-6-5-3-1;1-8(2,3)7-9(4,5)6/h5,7-8H,3-4,6H2,1-2H3;1-5H;(H,1,2,3)(H,4,5,6). The first kappa shape index (κ1) is 23.2. The highest BCUT2D eigenvalue weighted by Crippen LogP contribution is 2.00. The van der Waals surface area contributed by atoms with Crippen LogP contribution in [0, 0.1) is 6.92 Å². The third-order valence-electron chi connectivity index (χ3n) is 2.41. The Labute approximate surface area is 148 Å². The van der Waals surface area contributed by atoms with Gasteiger partial charge in [0.15, 0.2) is 0 Å². The van der Waals surface area contributed by atoms with Crippen molar-refractivity contribution in [1.29, 1.82) is 0 Å². The lowest BCUT2D eigenvalue weighted by atomic mass is 10.3. The summed E-state index contributed by atoms with van der Waals surface area (Å²) < 4.78 is 57.8. The fourth-order valence-corrected chi connectivity index (χ4v) is 2.33. The lowest BCUT2D eigenvalue weighted by Gasteiger charge is -1.98. The van der Waals surface area contributed by atoms with Crippen molar-refractivity contribution < 1.29 is 29.6 Å². The van der Waals surface area contributed by atoms with Crippen molar-refractivity contribution in [2.45, 2.75) is 33.2 Å². The van der Waals surface area contributed by atoms with E-state index in [2.05, 4.69) is 45.5 Å². The second kappa shape index (κ2) is 11.7. The van der Waals surface area contributed by atoms with Crippen LogP contribution in [-0.4, -0.2) is 35.5 Å². The number of rotatable bonds is 5. The van der Waals surface area contributed by atoms with E-state index in [0.717, 1.165) is 0 Å². The Bertz CT molecular complexity index is 731. The molecule has 0 radical (unpaired) electrons. The van der Waals surface area contributed by atoms with Crippen molar-refractivity contribution in [2.75, 3.05) is 0 Å². The first-order valence-corrected chi connectivity index (χ1v) is 9.90. The SMILES string of the molecule is CCCCn1ccc(C)c1.O=S(=O)(O)OS(=O)(=O)O.c1ccncc1. The summed E-state index contributed by atoms with van der Waals surface area (Å²) >= 11 is 0. The molecule has 0 saturated carbocycles. The Morgan fingerprint density at radius 3 is 1.88 bits per heavy atom. The molecule has 0 aliphatic carbocycles. The van der Waals surface area contributed by atoms with Crippen LogP contribution in [0.4, 0.5) is 0 Å². The number of aryl methyl sites for hydroxylation is 2. The second-order valence-electron chi connectivity index (χ2n) is 4.73. The smallest absolute Gasteiger partial charge is 0.354 e. The molecule has 0 saturated heterocycles. The Balaban J connectivity index is 0.000000356. The van der Waals surface area contributed by atoms with Gasteiger partial charge in [-0.2, -0.15) is 16.8 Å². The fourth-order valence-electron chi connectivity index (χ4n) is 1.46. The minimum absolute atomic E-state index is 1.17. The molecule has 9 nitrogen and oxygen atoms in total. The van der Waals surface area contributed by atoms with Crippen LogP contribution in [0.5, 0.6) is 0 Å². The van der Waals surface area contributed by atoms with Gasteiger partial charge in [-0.3, -0.25) is 14.1 Å². The Morgan fingerprint density at radius 1 is 1.08 bits per heavy atom. The van der Waals surface area contributed by atoms with Crippen LogP contribution < -0.4 is 0 Å². The quantitative estimate of drug-likeness (QED) is 0.737. The van der Waals surface area contributed by atoms with Crippen molar-refractivity contribution in [3.05, 3.63) is 54.6 Å². The minimum atomic E-state index is -5.12. The molecular formula is C14H22N2O7S2. The topological polar surface area (TPSA) is 136 Å². The molecule has 2 N–H and O–H groups in total. The van der Waals surface area contributed by atoms with Gasteiger partial charge >= 0.3 is 20.8 Å².